The highest BCUT2D eigenvalue weighted by molar-refractivity contribution is 9.10. The third-order valence-corrected chi connectivity index (χ3v) is 4.28. The minimum Gasteiger partial charge on any atom is -0.456 e. The first-order valence-corrected chi connectivity index (χ1v) is 8.00. The molecule has 0 saturated carbocycles. The summed E-state index contributed by atoms with van der Waals surface area (Å²) in [5, 5.41) is 1.62. The number of rotatable bonds is 3. The number of carbonyl (C=O) groups is 1. The van der Waals surface area contributed by atoms with Crippen molar-refractivity contribution < 1.29 is 9.53 Å². The minimum atomic E-state index is -0.492. The maximum Gasteiger partial charge on any atom is 0.358 e. The molecule has 0 bridgehead atoms. The van der Waals surface area contributed by atoms with Gasteiger partial charge in [0, 0.05) is 22.3 Å². The van der Waals surface area contributed by atoms with E-state index in [1.165, 1.54) is 6.33 Å². The molecule has 0 aliphatic carbocycles. The Morgan fingerprint density at radius 3 is 3.04 bits per heavy atom. The lowest BCUT2D eigenvalue weighted by Crippen LogP contribution is -2.08. The number of ether oxygens (including phenoxy) is 1. The molecular formula is C17H11BrN4O2. The van der Waals surface area contributed by atoms with Crippen molar-refractivity contribution in [2.75, 3.05) is 0 Å². The Morgan fingerprint density at radius 1 is 1.21 bits per heavy atom. The van der Waals surface area contributed by atoms with Crippen molar-refractivity contribution in [3.63, 3.8) is 0 Å². The number of pyridine rings is 1. The number of aromatic amines is 1. The van der Waals surface area contributed by atoms with Gasteiger partial charge in [-0.1, -0.05) is 12.1 Å². The van der Waals surface area contributed by atoms with Gasteiger partial charge in [0.25, 0.3) is 0 Å². The van der Waals surface area contributed by atoms with Crippen LogP contribution in [0.4, 0.5) is 0 Å². The van der Waals surface area contributed by atoms with E-state index in [2.05, 4.69) is 35.9 Å². The number of hydrogen-bond acceptors (Lipinski definition) is 5. The Kier molecular flexibility index (Phi) is 3.70. The topological polar surface area (TPSA) is 80.8 Å². The molecule has 0 saturated heterocycles. The molecule has 0 unspecified atom stereocenters. The molecule has 0 fully saturated rings. The molecule has 7 heteroatoms. The SMILES string of the molecule is O=C(OCc1ccc2ncccc2c1)c1ncnc2[nH]cc(Br)c12. The first-order valence-electron chi connectivity index (χ1n) is 7.21. The molecule has 1 N–H and O–H groups in total. The molecule has 0 spiro atoms. The van der Waals surface area contributed by atoms with Crippen LogP contribution in [0.15, 0.2) is 53.5 Å². The third kappa shape index (κ3) is 2.63. The molecule has 0 aliphatic heterocycles. The fourth-order valence-corrected chi connectivity index (χ4v) is 3.00. The average molecular weight is 383 g/mol. The van der Waals surface area contributed by atoms with Crippen molar-refractivity contribution in [1.29, 1.82) is 0 Å². The van der Waals surface area contributed by atoms with Gasteiger partial charge in [0.05, 0.1) is 10.9 Å². The van der Waals surface area contributed by atoms with E-state index in [1.807, 2.05) is 30.3 Å². The first kappa shape index (κ1) is 14.8. The van der Waals surface area contributed by atoms with Crippen molar-refractivity contribution in [1.82, 2.24) is 19.9 Å². The number of benzene rings is 1. The van der Waals surface area contributed by atoms with Crippen LogP contribution in [0.1, 0.15) is 16.1 Å². The van der Waals surface area contributed by atoms with Crippen molar-refractivity contribution in [2.24, 2.45) is 0 Å². The second-order valence-electron chi connectivity index (χ2n) is 5.19. The van der Waals surface area contributed by atoms with E-state index >= 15 is 0 Å². The molecule has 3 aromatic heterocycles. The minimum absolute atomic E-state index is 0.164. The largest absolute Gasteiger partial charge is 0.456 e. The smallest absolute Gasteiger partial charge is 0.358 e. The molecule has 4 rings (SSSR count). The highest BCUT2D eigenvalue weighted by atomic mass is 79.9. The Hall–Kier alpha value is -2.80. The van der Waals surface area contributed by atoms with Gasteiger partial charge in [-0.2, -0.15) is 0 Å². The van der Waals surface area contributed by atoms with Crippen molar-refractivity contribution in [2.45, 2.75) is 6.61 Å². The Balaban J connectivity index is 1.58. The molecule has 0 radical (unpaired) electrons. The van der Waals surface area contributed by atoms with E-state index in [1.54, 1.807) is 12.4 Å². The number of nitrogens with zero attached hydrogens (tertiary/aromatic N) is 3. The van der Waals surface area contributed by atoms with Gasteiger partial charge in [-0.15, -0.1) is 0 Å². The van der Waals surface area contributed by atoms with Crippen LogP contribution in [-0.2, 0) is 11.3 Å². The second kappa shape index (κ2) is 6.01. The molecule has 0 atom stereocenters. The van der Waals surface area contributed by atoms with Crippen molar-refractivity contribution in [3.05, 3.63) is 64.8 Å². The molecule has 4 aromatic rings. The van der Waals surface area contributed by atoms with Gasteiger partial charge in [-0.25, -0.2) is 14.8 Å². The lowest BCUT2D eigenvalue weighted by molar-refractivity contribution is 0.0468. The maximum absolute atomic E-state index is 12.4. The molecule has 3 heterocycles. The highest BCUT2D eigenvalue weighted by Gasteiger charge is 2.17. The standard InChI is InChI=1S/C17H11BrN4O2/c18-12-7-20-16-14(12)15(21-9-22-16)17(23)24-8-10-3-4-13-11(6-10)2-1-5-19-13/h1-7,9H,8H2,(H,20,21,22). The molecule has 0 amide bonds. The van der Waals surface area contributed by atoms with E-state index in [4.69, 9.17) is 4.74 Å². The lowest BCUT2D eigenvalue weighted by atomic mass is 10.1. The normalized spacial score (nSPS) is 11.0. The second-order valence-corrected chi connectivity index (χ2v) is 6.04. The summed E-state index contributed by atoms with van der Waals surface area (Å²) in [5.74, 6) is -0.492. The molecule has 24 heavy (non-hydrogen) atoms. The Bertz CT molecular complexity index is 1060. The Morgan fingerprint density at radius 2 is 2.12 bits per heavy atom. The van der Waals surface area contributed by atoms with E-state index < -0.39 is 5.97 Å². The molecular weight excluding hydrogens is 372 g/mol. The van der Waals surface area contributed by atoms with Crippen molar-refractivity contribution >= 4 is 43.8 Å². The molecule has 6 nitrogen and oxygen atoms in total. The van der Waals surface area contributed by atoms with Crippen LogP contribution in [0.2, 0.25) is 0 Å². The number of carbonyl (C=O) groups excluding carboxylic acids is 1. The summed E-state index contributed by atoms with van der Waals surface area (Å²) in [7, 11) is 0. The predicted molar refractivity (Wildman–Crippen MR) is 92.5 cm³/mol. The van der Waals surface area contributed by atoms with Crippen molar-refractivity contribution in [3.8, 4) is 0 Å². The zero-order valence-electron chi connectivity index (χ0n) is 12.4. The van der Waals surface area contributed by atoms with E-state index in [0.29, 0.717) is 11.0 Å². The summed E-state index contributed by atoms with van der Waals surface area (Å²) in [6.07, 6.45) is 4.80. The summed E-state index contributed by atoms with van der Waals surface area (Å²) in [4.78, 5) is 27.8. The number of H-pyrrole nitrogens is 1. The first-order chi connectivity index (χ1) is 11.7. The number of hydrogen-bond donors (Lipinski definition) is 1. The molecule has 118 valence electrons. The number of esters is 1. The van der Waals surface area contributed by atoms with Gasteiger partial charge < -0.3 is 9.72 Å². The van der Waals surface area contributed by atoms with E-state index in [-0.39, 0.29) is 12.3 Å². The number of aromatic nitrogens is 4. The van der Waals surface area contributed by atoms with E-state index in [0.717, 1.165) is 20.9 Å². The zero-order valence-corrected chi connectivity index (χ0v) is 13.9. The molecule has 0 aliphatic rings. The number of fused-ring (bicyclic) bond motifs is 2. The zero-order chi connectivity index (χ0) is 16.5. The van der Waals surface area contributed by atoms with Gasteiger partial charge in [0.1, 0.15) is 18.6 Å². The van der Waals surface area contributed by atoms with E-state index in [9.17, 15) is 4.79 Å². The fourth-order valence-electron chi connectivity index (χ4n) is 2.51. The summed E-state index contributed by atoms with van der Waals surface area (Å²) in [6, 6.07) is 9.60. The van der Waals surface area contributed by atoms with Crippen LogP contribution < -0.4 is 0 Å². The maximum atomic E-state index is 12.4. The highest BCUT2D eigenvalue weighted by Crippen LogP contribution is 2.25. The van der Waals surface area contributed by atoms with Gasteiger partial charge in [0.2, 0.25) is 0 Å². The van der Waals surface area contributed by atoms with Crippen LogP contribution in [0.25, 0.3) is 21.9 Å². The summed E-state index contributed by atoms with van der Waals surface area (Å²) < 4.78 is 6.14. The van der Waals surface area contributed by atoms with Gasteiger partial charge in [-0.3, -0.25) is 4.98 Å². The van der Waals surface area contributed by atoms with Gasteiger partial charge in [0.15, 0.2) is 5.69 Å². The summed E-state index contributed by atoms with van der Waals surface area (Å²) in [5.41, 5.74) is 2.61. The Labute approximate surface area is 145 Å². The quantitative estimate of drug-likeness (QED) is 0.547. The van der Waals surface area contributed by atoms with Crippen LogP contribution in [0, 0.1) is 0 Å². The van der Waals surface area contributed by atoms with Crippen LogP contribution in [0.5, 0.6) is 0 Å². The van der Waals surface area contributed by atoms with Gasteiger partial charge >= 0.3 is 5.97 Å². The van der Waals surface area contributed by atoms with Crippen LogP contribution >= 0.6 is 15.9 Å². The number of halogens is 1. The van der Waals surface area contributed by atoms with Crippen LogP contribution in [0.3, 0.4) is 0 Å². The fraction of sp³-hybridized carbons (Fsp3) is 0.0588. The third-order valence-electron chi connectivity index (χ3n) is 3.65. The average Bonchev–Trinajstić information content (AvgIpc) is 3.01. The summed E-state index contributed by atoms with van der Waals surface area (Å²) in [6.45, 7) is 0.164. The summed E-state index contributed by atoms with van der Waals surface area (Å²) >= 11 is 3.38. The monoisotopic (exact) mass is 382 g/mol. The molecule has 1 aromatic carbocycles. The predicted octanol–water partition coefficient (Wildman–Crippen LogP) is 3.63. The number of nitrogens with one attached hydrogen (secondary N) is 1. The van der Waals surface area contributed by atoms with Crippen LogP contribution in [-0.4, -0.2) is 25.9 Å². The van der Waals surface area contributed by atoms with Gasteiger partial charge in [-0.05, 0) is 39.7 Å². The lowest BCUT2D eigenvalue weighted by Gasteiger charge is -2.06.